The van der Waals surface area contributed by atoms with Gasteiger partial charge in [-0.3, -0.25) is 9.69 Å². The molecule has 0 atom stereocenters. The lowest BCUT2D eigenvalue weighted by atomic mass is 10.00. The van der Waals surface area contributed by atoms with E-state index in [1.807, 2.05) is 6.07 Å². The third kappa shape index (κ3) is 4.09. The summed E-state index contributed by atoms with van der Waals surface area (Å²) in [4.78, 5) is 14.3. The molecule has 2 aromatic carbocycles. The fraction of sp³-hybridized carbons (Fsp3) is 0.278. The molecular weight excluding hydrogens is 315 g/mol. The quantitative estimate of drug-likeness (QED) is 0.922. The first kappa shape index (κ1) is 16.0. The van der Waals surface area contributed by atoms with Crippen LogP contribution in [0.2, 0.25) is 5.02 Å². The van der Waals surface area contributed by atoms with E-state index < -0.39 is 5.82 Å². The van der Waals surface area contributed by atoms with Crippen molar-refractivity contribution in [2.45, 2.75) is 19.4 Å². The minimum atomic E-state index is -0.489. The summed E-state index contributed by atoms with van der Waals surface area (Å²) in [6.45, 7) is 2.55. The van der Waals surface area contributed by atoms with Gasteiger partial charge in [-0.1, -0.05) is 35.9 Å². The van der Waals surface area contributed by atoms with Gasteiger partial charge in [0, 0.05) is 31.7 Å². The van der Waals surface area contributed by atoms with E-state index in [0.717, 1.165) is 19.5 Å². The van der Waals surface area contributed by atoms with E-state index in [1.165, 1.54) is 29.3 Å². The van der Waals surface area contributed by atoms with Crippen molar-refractivity contribution in [3.63, 3.8) is 0 Å². The van der Waals surface area contributed by atoms with Gasteiger partial charge in [-0.15, -0.1) is 0 Å². The number of rotatable bonds is 4. The summed E-state index contributed by atoms with van der Waals surface area (Å²) in [7, 11) is 0. The second-order valence-corrected chi connectivity index (χ2v) is 6.13. The van der Waals surface area contributed by atoms with E-state index in [-0.39, 0.29) is 10.9 Å². The third-order valence-electron chi connectivity index (χ3n) is 4.07. The van der Waals surface area contributed by atoms with Crippen molar-refractivity contribution in [1.82, 2.24) is 4.90 Å². The Kier molecular flexibility index (Phi) is 4.94. The van der Waals surface area contributed by atoms with E-state index >= 15 is 0 Å². The second-order valence-electron chi connectivity index (χ2n) is 5.72. The van der Waals surface area contributed by atoms with Crippen LogP contribution in [0.1, 0.15) is 17.5 Å². The maximum atomic E-state index is 13.1. The number of fused-ring (bicyclic) bond motifs is 1. The first-order chi connectivity index (χ1) is 11.1. The maximum Gasteiger partial charge on any atom is 0.225 e. The lowest BCUT2D eigenvalue weighted by molar-refractivity contribution is -0.116. The number of carbonyl (C=O) groups excluding carboxylic acids is 1. The second kappa shape index (κ2) is 7.11. The molecule has 0 spiro atoms. The highest BCUT2D eigenvalue weighted by Gasteiger charge is 2.16. The summed E-state index contributed by atoms with van der Waals surface area (Å²) in [5, 5.41) is 2.76. The molecular formula is C18H18ClFN2O. The average molecular weight is 333 g/mol. The summed E-state index contributed by atoms with van der Waals surface area (Å²) >= 11 is 5.71. The molecule has 0 saturated heterocycles. The van der Waals surface area contributed by atoms with Crippen LogP contribution < -0.4 is 5.32 Å². The van der Waals surface area contributed by atoms with E-state index in [0.29, 0.717) is 18.7 Å². The van der Waals surface area contributed by atoms with E-state index in [1.54, 1.807) is 0 Å². The fourth-order valence-corrected chi connectivity index (χ4v) is 2.98. The van der Waals surface area contributed by atoms with Crippen molar-refractivity contribution in [3.05, 3.63) is 64.4 Å². The van der Waals surface area contributed by atoms with Crippen LogP contribution in [0.5, 0.6) is 0 Å². The molecule has 3 rings (SSSR count). The molecule has 23 heavy (non-hydrogen) atoms. The summed E-state index contributed by atoms with van der Waals surface area (Å²) < 4.78 is 13.1. The summed E-state index contributed by atoms with van der Waals surface area (Å²) in [5.74, 6) is -0.580. The number of halogens is 2. The van der Waals surface area contributed by atoms with Crippen molar-refractivity contribution >= 4 is 23.2 Å². The van der Waals surface area contributed by atoms with Gasteiger partial charge in [-0.25, -0.2) is 4.39 Å². The van der Waals surface area contributed by atoms with Crippen LogP contribution in [-0.4, -0.2) is 23.9 Å². The predicted octanol–water partition coefficient (Wildman–Crippen LogP) is 3.87. The van der Waals surface area contributed by atoms with Gasteiger partial charge < -0.3 is 5.32 Å². The largest absolute Gasteiger partial charge is 0.326 e. The highest BCUT2D eigenvalue weighted by Crippen LogP contribution is 2.20. The number of benzene rings is 2. The zero-order chi connectivity index (χ0) is 16.2. The molecule has 2 aromatic rings. The molecule has 0 aliphatic carbocycles. The molecule has 0 radical (unpaired) electrons. The van der Waals surface area contributed by atoms with Crippen molar-refractivity contribution < 1.29 is 9.18 Å². The maximum absolute atomic E-state index is 13.1. The molecule has 0 aromatic heterocycles. The van der Waals surface area contributed by atoms with Gasteiger partial charge in [0.2, 0.25) is 5.91 Å². The number of hydrogen-bond acceptors (Lipinski definition) is 2. The van der Waals surface area contributed by atoms with Crippen LogP contribution >= 0.6 is 11.6 Å². The van der Waals surface area contributed by atoms with Crippen LogP contribution in [0, 0.1) is 5.82 Å². The Morgan fingerprint density at radius 2 is 2.00 bits per heavy atom. The highest BCUT2D eigenvalue weighted by molar-refractivity contribution is 6.31. The van der Waals surface area contributed by atoms with Gasteiger partial charge in [0.1, 0.15) is 5.82 Å². The lowest BCUT2D eigenvalue weighted by Gasteiger charge is -2.28. The average Bonchev–Trinajstić information content (AvgIpc) is 2.56. The van der Waals surface area contributed by atoms with Crippen LogP contribution in [-0.2, 0) is 17.8 Å². The van der Waals surface area contributed by atoms with E-state index in [9.17, 15) is 9.18 Å². The number of carbonyl (C=O) groups is 1. The predicted molar refractivity (Wildman–Crippen MR) is 90.1 cm³/mol. The molecule has 1 aliphatic rings. The molecule has 0 bridgehead atoms. The Hall–Kier alpha value is -1.91. The van der Waals surface area contributed by atoms with Gasteiger partial charge >= 0.3 is 0 Å². The first-order valence-corrected chi connectivity index (χ1v) is 8.03. The van der Waals surface area contributed by atoms with Gasteiger partial charge in [-0.2, -0.15) is 0 Å². The van der Waals surface area contributed by atoms with Crippen LogP contribution in [0.3, 0.4) is 0 Å². The van der Waals surface area contributed by atoms with Crippen LogP contribution in [0.15, 0.2) is 42.5 Å². The Morgan fingerprint density at radius 1 is 1.22 bits per heavy atom. The minimum Gasteiger partial charge on any atom is -0.326 e. The molecule has 120 valence electrons. The normalized spacial score (nSPS) is 14.3. The Morgan fingerprint density at radius 3 is 2.78 bits per heavy atom. The van der Waals surface area contributed by atoms with E-state index in [4.69, 9.17) is 11.6 Å². The Bertz CT molecular complexity index is 720. The van der Waals surface area contributed by atoms with Crippen LogP contribution in [0.4, 0.5) is 10.1 Å². The summed E-state index contributed by atoms with van der Waals surface area (Å²) in [6.07, 6.45) is 1.42. The molecule has 1 aliphatic heterocycles. The molecule has 0 saturated carbocycles. The van der Waals surface area contributed by atoms with Crippen molar-refractivity contribution in [2.24, 2.45) is 0 Å². The monoisotopic (exact) mass is 332 g/mol. The SMILES string of the molecule is O=C(CCN1CCc2ccccc2C1)Nc1ccc(F)c(Cl)c1. The number of anilines is 1. The number of hydrogen-bond donors (Lipinski definition) is 1. The van der Waals surface area contributed by atoms with Gasteiger partial charge in [0.05, 0.1) is 5.02 Å². The first-order valence-electron chi connectivity index (χ1n) is 7.66. The van der Waals surface area contributed by atoms with E-state index in [2.05, 4.69) is 28.4 Å². The minimum absolute atomic E-state index is 0.00966. The molecule has 0 fully saturated rings. The zero-order valence-corrected chi connectivity index (χ0v) is 13.4. The molecule has 1 amide bonds. The molecule has 5 heteroatoms. The van der Waals surface area contributed by atoms with Crippen molar-refractivity contribution in [3.8, 4) is 0 Å². The highest BCUT2D eigenvalue weighted by atomic mass is 35.5. The Balaban J connectivity index is 1.51. The number of amides is 1. The smallest absolute Gasteiger partial charge is 0.225 e. The lowest BCUT2D eigenvalue weighted by Crippen LogP contribution is -2.33. The molecule has 1 heterocycles. The summed E-state index contributed by atoms with van der Waals surface area (Å²) in [6, 6.07) is 12.6. The number of nitrogens with zero attached hydrogens (tertiary/aromatic N) is 1. The molecule has 0 unspecified atom stereocenters. The summed E-state index contributed by atoms with van der Waals surface area (Å²) in [5.41, 5.74) is 3.25. The van der Waals surface area contributed by atoms with Crippen molar-refractivity contribution in [2.75, 3.05) is 18.4 Å². The number of nitrogens with one attached hydrogen (secondary N) is 1. The zero-order valence-electron chi connectivity index (χ0n) is 12.7. The third-order valence-corrected chi connectivity index (χ3v) is 4.36. The van der Waals surface area contributed by atoms with Gasteiger partial charge in [0.15, 0.2) is 0 Å². The van der Waals surface area contributed by atoms with Crippen molar-refractivity contribution in [1.29, 1.82) is 0 Å². The molecule has 1 N–H and O–H groups in total. The standard InChI is InChI=1S/C18H18ClFN2O/c19-16-11-15(5-6-17(16)20)21-18(23)8-10-22-9-7-13-3-1-2-4-14(13)12-22/h1-6,11H,7-10,12H2,(H,21,23). The van der Waals surface area contributed by atoms with Gasteiger partial charge in [0.25, 0.3) is 0 Å². The fourth-order valence-electron chi connectivity index (χ4n) is 2.80. The topological polar surface area (TPSA) is 32.3 Å². The molecule has 3 nitrogen and oxygen atoms in total. The van der Waals surface area contributed by atoms with Gasteiger partial charge in [-0.05, 0) is 35.7 Å². The van der Waals surface area contributed by atoms with Crippen LogP contribution in [0.25, 0.3) is 0 Å². The Labute approximate surface area is 140 Å².